The first kappa shape index (κ1) is 15.4. The highest BCUT2D eigenvalue weighted by Crippen LogP contribution is 2.31. The van der Waals surface area contributed by atoms with Gasteiger partial charge in [-0.3, -0.25) is 0 Å². The number of benzene rings is 1. The van der Waals surface area contributed by atoms with E-state index in [1.807, 2.05) is 48.7 Å². The lowest BCUT2D eigenvalue weighted by Gasteiger charge is -2.33. The van der Waals surface area contributed by atoms with Crippen LogP contribution in [0.25, 0.3) is 16.7 Å². The first-order chi connectivity index (χ1) is 12.7. The third kappa shape index (κ3) is 2.53. The van der Waals surface area contributed by atoms with Crippen LogP contribution in [-0.4, -0.2) is 32.7 Å². The van der Waals surface area contributed by atoms with Crippen LogP contribution in [0.2, 0.25) is 0 Å². The van der Waals surface area contributed by atoms with E-state index in [0.29, 0.717) is 0 Å². The highest BCUT2D eigenvalue weighted by atomic mass is 16.3. The van der Waals surface area contributed by atoms with Crippen molar-refractivity contribution in [2.75, 3.05) is 18.0 Å². The molecule has 0 aliphatic carbocycles. The highest BCUT2D eigenvalue weighted by Gasteiger charge is 2.27. The summed E-state index contributed by atoms with van der Waals surface area (Å²) in [5, 5.41) is 4.64. The van der Waals surface area contributed by atoms with Crippen LogP contribution < -0.4 is 4.90 Å². The average Bonchev–Trinajstić information content (AvgIpc) is 3.23. The second-order valence-corrected chi connectivity index (χ2v) is 7.12. The zero-order valence-corrected chi connectivity index (χ0v) is 15.0. The minimum absolute atomic E-state index is 0.288. The van der Waals surface area contributed by atoms with Crippen molar-refractivity contribution in [1.29, 1.82) is 0 Å². The van der Waals surface area contributed by atoms with E-state index >= 15 is 0 Å². The summed E-state index contributed by atoms with van der Waals surface area (Å²) in [6.45, 7) is 5.93. The van der Waals surface area contributed by atoms with Gasteiger partial charge in [-0.2, -0.15) is 9.61 Å². The molecule has 0 amide bonds. The number of aryl methyl sites for hydroxylation is 2. The van der Waals surface area contributed by atoms with E-state index in [9.17, 15) is 0 Å². The number of oxazole rings is 1. The Hall–Kier alpha value is -2.89. The summed E-state index contributed by atoms with van der Waals surface area (Å²) in [6.07, 6.45) is 2.20. The van der Waals surface area contributed by atoms with Crippen molar-refractivity contribution in [2.45, 2.75) is 32.6 Å². The van der Waals surface area contributed by atoms with Gasteiger partial charge in [0.1, 0.15) is 11.3 Å². The molecule has 4 heterocycles. The summed E-state index contributed by atoms with van der Waals surface area (Å²) in [6, 6.07) is 12.1. The lowest BCUT2D eigenvalue weighted by atomic mass is 9.98. The fourth-order valence-corrected chi connectivity index (χ4v) is 3.87. The van der Waals surface area contributed by atoms with E-state index in [1.54, 1.807) is 0 Å². The van der Waals surface area contributed by atoms with Crippen molar-refractivity contribution in [2.24, 2.45) is 0 Å². The Morgan fingerprint density at radius 3 is 2.85 bits per heavy atom. The molecule has 132 valence electrons. The predicted molar refractivity (Wildman–Crippen MR) is 101 cm³/mol. The predicted octanol–water partition coefficient (Wildman–Crippen LogP) is 3.87. The first-order valence-corrected chi connectivity index (χ1v) is 9.12. The van der Waals surface area contributed by atoms with Gasteiger partial charge in [0.25, 0.3) is 0 Å². The Morgan fingerprint density at radius 1 is 1.08 bits per heavy atom. The second kappa shape index (κ2) is 5.83. The molecular weight excluding hydrogens is 326 g/mol. The number of fused-ring (bicyclic) bond motifs is 2. The quantitative estimate of drug-likeness (QED) is 0.551. The van der Waals surface area contributed by atoms with Crippen LogP contribution in [0, 0.1) is 13.8 Å². The van der Waals surface area contributed by atoms with Crippen molar-refractivity contribution < 1.29 is 4.42 Å². The standard InChI is InChI=1S/C20H21N5O/c1-13-11-19(25-18(21-13)10-14(2)23-25)24-9-5-6-15(12-24)20-22-16-7-3-4-8-17(16)26-20/h3-4,7-8,10-11,15H,5-6,9,12H2,1-2H3/t15-/m0/s1. The largest absolute Gasteiger partial charge is 0.440 e. The Kier molecular flexibility index (Phi) is 3.45. The minimum atomic E-state index is 0.288. The van der Waals surface area contributed by atoms with Gasteiger partial charge in [-0.15, -0.1) is 0 Å². The molecular formula is C20H21N5O. The molecule has 1 aliphatic rings. The molecule has 1 aliphatic heterocycles. The van der Waals surface area contributed by atoms with E-state index in [2.05, 4.69) is 21.0 Å². The van der Waals surface area contributed by atoms with E-state index in [4.69, 9.17) is 9.40 Å². The molecule has 1 atom stereocenters. The molecule has 1 aromatic carbocycles. The third-order valence-corrected chi connectivity index (χ3v) is 5.06. The van der Waals surface area contributed by atoms with Crippen LogP contribution >= 0.6 is 0 Å². The van der Waals surface area contributed by atoms with E-state index in [0.717, 1.165) is 65.8 Å². The fourth-order valence-electron chi connectivity index (χ4n) is 3.87. The number of nitrogens with zero attached hydrogens (tertiary/aromatic N) is 5. The third-order valence-electron chi connectivity index (χ3n) is 5.06. The SMILES string of the molecule is Cc1cc(N2CCC[C@H](c3nc4ccccc4o3)C2)n2nc(C)cc2n1. The second-order valence-electron chi connectivity index (χ2n) is 7.12. The van der Waals surface area contributed by atoms with Crippen LogP contribution in [0.15, 0.2) is 40.8 Å². The zero-order valence-electron chi connectivity index (χ0n) is 15.0. The molecule has 0 radical (unpaired) electrons. The molecule has 0 N–H and O–H groups in total. The molecule has 1 saturated heterocycles. The molecule has 26 heavy (non-hydrogen) atoms. The number of hydrogen-bond acceptors (Lipinski definition) is 5. The maximum Gasteiger partial charge on any atom is 0.200 e. The molecule has 3 aromatic heterocycles. The van der Waals surface area contributed by atoms with E-state index < -0.39 is 0 Å². The molecule has 4 aromatic rings. The number of hydrogen-bond donors (Lipinski definition) is 0. The molecule has 0 bridgehead atoms. The summed E-state index contributed by atoms with van der Waals surface area (Å²) in [7, 11) is 0. The summed E-state index contributed by atoms with van der Waals surface area (Å²) in [4.78, 5) is 11.7. The Bertz CT molecular complexity index is 1060. The zero-order chi connectivity index (χ0) is 17.7. The number of para-hydroxylation sites is 2. The first-order valence-electron chi connectivity index (χ1n) is 9.12. The van der Waals surface area contributed by atoms with Crippen molar-refractivity contribution in [3.05, 3.63) is 53.7 Å². The number of aromatic nitrogens is 4. The van der Waals surface area contributed by atoms with Crippen LogP contribution in [0.5, 0.6) is 0 Å². The normalized spacial score (nSPS) is 18.1. The Labute approximate surface area is 151 Å². The van der Waals surface area contributed by atoms with Gasteiger partial charge in [0.15, 0.2) is 17.1 Å². The van der Waals surface area contributed by atoms with Gasteiger partial charge >= 0.3 is 0 Å². The van der Waals surface area contributed by atoms with Crippen LogP contribution in [-0.2, 0) is 0 Å². The maximum atomic E-state index is 6.03. The molecule has 6 heteroatoms. The highest BCUT2D eigenvalue weighted by molar-refractivity contribution is 5.72. The van der Waals surface area contributed by atoms with Crippen molar-refractivity contribution in [3.8, 4) is 0 Å². The Balaban J connectivity index is 1.51. The van der Waals surface area contributed by atoms with Crippen LogP contribution in [0.1, 0.15) is 36.0 Å². The van der Waals surface area contributed by atoms with Gasteiger partial charge in [-0.25, -0.2) is 9.97 Å². The van der Waals surface area contributed by atoms with Gasteiger partial charge < -0.3 is 9.32 Å². The molecule has 5 rings (SSSR count). The van der Waals surface area contributed by atoms with E-state index in [1.165, 1.54) is 0 Å². The van der Waals surface area contributed by atoms with E-state index in [-0.39, 0.29) is 5.92 Å². The lowest BCUT2D eigenvalue weighted by molar-refractivity contribution is 0.411. The van der Waals surface area contributed by atoms with Crippen molar-refractivity contribution in [1.82, 2.24) is 19.6 Å². The number of piperidine rings is 1. The molecule has 0 unspecified atom stereocenters. The van der Waals surface area contributed by atoms with Crippen LogP contribution in [0.3, 0.4) is 0 Å². The van der Waals surface area contributed by atoms with Crippen molar-refractivity contribution in [3.63, 3.8) is 0 Å². The smallest absolute Gasteiger partial charge is 0.200 e. The topological polar surface area (TPSA) is 59.5 Å². The summed E-state index contributed by atoms with van der Waals surface area (Å²) in [5.41, 5.74) is 4.70. The van der Waals surface area contributed by atoms with Gasteiger partial charge in [-0.1, -0.05) is 12.1 Å². The molecule has 1 fully saturated rings. The summed E-state index contributed by atoms with van der Waals surface area (Å²) in [5.74, 6) is 2.23. The summed E-state index contributed by atoms with van der Waals surface area (Å²) >= 11 is 0. The fraction of sp³-hybridized carbons (Fsp3) is 0.350. The molecule has 0 saturated carbocycles. The van der Waals surface area contributed by atoms with Gasteiger partial charge in [0.05, 0.1) is 11.6 Å². The number of rotatable bonds is 2. The van der Waals surface area contributed by atoms with Gasteiger partial charge in [0, 0.05) is 30.9 Å². The number of anilines is 1. The average molecular weight is 347 g/mol. The monoisotopic (exact) mass is 347 g/mol. The lowest BCUT2D eigenvalue weighted by Crippen LogP contribution is -2.36. The molecule has 6 nitrogen and oxygen atoms in total. The van der Waals surface area contributed by atoms with Crippen LogP contribution in [0.4, 0.5) is 5.82 Å². The Morgan fingerprint density at radius 2 is 1.96 bits per heavy atom. The van der Waals surface area contributed by atoms with Gasteiger partial charge in [-0.05, 0) is 38.8 Å². The maximum absolute atomic E-state index is 6.03. The summed E-state index contributed by atoms with van der Waals surface area (Å²) < 4.78 is 7.99. The van der Waals surface area contributed by atoms with Gasteiger partial charge in [0.2, 0.25) is 0 Å². The van der Waals surface area contributed by atoms with Crippen molar-refractivity contribution >= 4 is 22.6 Å². The minimum Gasteiger partial charge on any atom is -0.440 e. The molecule has 0 spiro atoms.